The predicted molar refractivity (Wildman–Crippen MR) is 86.8 cm³/mol. The van der Waals surface area contributed by atoms with E-state index in [1.54, 1.807) is 25.4 Å². The van der Waals surface area contributed by atoms with Gasteiger partial charge in [-0.2, -0.15) is 0 Å². The fourth-order valence-electron chi connectivity index (χ4n) is 2.86. The number of carbonyl (C=O) groups excluding carboxylic acids is 2. The van der Waals surface area contributed by atoms with Crippen LogP contribution in [0.2, 0.25) is 0 Å². The Morgan fingerprint density at radius 1 is 1.46 bits per heavy atom. The Morgan fingerprint density at radius 3 is 3.08 bits per heavy atom. The molecule has 0 spiro atoms. The third-order valence-corrected chi connectivity index (χ3v) is 4.16. The highest BCUT2D eigenvalue weighted by atomic mass is 16.5. The summed E-state index contributed by atoms with van der Waals surface area (Å²) < 4.78 is 11.2. The lowest BCUT2D eigenvalue weighted by Gasteiger charge is -2.20. The van der Waals surface area contributed by atoms with Crippen molar-refractivity contribution in [2.24, 2.45) is 0 Å². The van der Waals surface area contributed by atoms with E-state index in [0.717, 1.165) is 12.0 Å². The quantitative estimate of drug-likeness (QED) is 0.881. The largest absolute Gasteiger partial charge is 0.488 e. The number of carbonyl (C=O) groups is 2. The summed E-state index contributed by atoms with van der Waals surface area (Å²) in [6, 6.07) is 3.34. The van der Waals surface area contributed by atoms with Crippen LogP contribution in [-0.4, -0.2) is 61.2 Å². The van der Waals surface area contributed by atoms with Crippen LogP contribution in [0.25, 0.3) is 0 Å². The predicted octanol–water partition coefficient (Wildman–Crippen LogP) is 0.768. The summed E-state index contributed by atoms with van der Waals surface area (Å²) in [7, 11) is 1.56. The molecular formula is C17H21N3O4. The standard InChI is InChI=1S/C17H21N3O4/c1-18-16(21)15-10-13(2-6-19-15)24-14-3-7-20(11-14)17(22)12-4-8-23-9-5-12/h2,4,6,10,14H,3,5,7-9,11H2,1H3,(H,18,21). The third kappa shape index (κ3) is 3.73. The zero-order chi connectivity index (χ0) is 16.9. The lowest BCUT2D eigenvalue weighted by Crippen LogP contribution is -2.33. The summed E-state index contributed by atoms with van der Waals surface area (Å²) in [5.74, 6) is 0.411. The number of ether oxygens (including phenoxy) is 2. The Bertz CT molecular complexity index is 659. The molecule has 2 amide bonds. The molecule has 0 radical (unpaired) electrons. The Morgan fingerprint density at radius 2 is 2.33 bits per heavy atom. The first kappa shape index (κ1) is 16.4. The molecule has 1 aromatic heterocycles. The Balaban J connectivity index is 1.59. The summed E-state index contributed by atoms with van der Waals surface area (Å²) in [6.45, 7) is 2.34. The second kappa shape index (κ2) is 7.44. The van der Waals surface area contributed by atoms with Crippen LogP contribution >= 0.6 is 0 Å². The maximum absolute atomic E-state index is 12.5. The van der Waals surface area contributed by atoms with Gasteiger partial charge in [0, 0.05) is 44.3 Å². The van der Waals surface area contributed by atoms with Gasteiger partial charge in [-0.05, 0) is 6.07 Å². The van der Waals surface area contributed by atoms with Crippen LogP contribution in [0.15, 0.2) is 30.0 Å². The minimum absolute atomic E-state index is 0.0742. The summed E-state index contributed by atoms with van der Waals surface area (Å²) in [5.41, 5.74) is 1.14. The normalized spacial score (nSPS) is 20.5. The van der Waals surface area contributed by atoms with E-state index in [9.17, 15) is 9.59 Å². The lowest BCUT2D eigenvalue weighted by atomic mass is 10.1. The van der Waals surface area contributed by atoms with E-state index in [0.29, 0.717) is 44.2 Å². The van der Waals surface area contributed by atoms with Crippen molar-refractivity contribution < 1.29 is 19.1 Å². The molecule has 7 heteroatoms. The van der Waals surface area contributed by atoms with Gasteiger partial charge in [-0.3, -0.25) is 14.6 Å². The molecule has 24 heavy (non-hydrogen) atoms. The van der Waals surface area contributed by atoms with Gasteiger partial charge in [0.25, 0.3) is 5.91 Å². The molecule has 1 fully saturated rings. The molecule has 128 valence electrons. The lowest BCUT2D eigenvalue weighted by molar-refractivity contribution is -0.126. The van der Waals surface area contributed by atoms with Gasteiger partial charge in [-0.25, -0.2) is 0 Å². The first-order chi connectivity index (χ1) is 11.7. The van der Waals surface area contributed by atoms with Crippen molar-refractivity contribution in [2.45, 2.75) is 18.9 Å². The van der Waals surface area contributed by atoms with Crippen molar-refractivity contribution in [2.75, 3.05) is 33.4 Å². The molecule has 0 aromatic carbocycles. The van der Waals surface area contributed by atoms with Gasteiger partial charge in [0.2, 0.25) is 5.91 Å². The smallest absolute Gasteiger partial charge is 0.269 e. The van der Waals surface area contributed by atoms with Crippen molar-refractivity contribution in [3.05, 3.63) is 35.7 Å². The maximum atomic E-state index is 12.5. The average molecular weight is 331 g/mol. The Labute approximate surface area is 140 Å². The molecule has 3 heterocycles. The summed E-state index contributed by atoms with van der Waals surface area (Å²) in [5, 5.41) is 2.53. The number of amides is 2. The van der Waals surface area contributed by atoms with Gasteiger partial charge in [-0.15, -0.1) is 0 Å². The fraction of sp³-hybridized carbons (Fsp3) is 0.471. The number of hydrogen-bond acceptors (Lipinski definition) is 5. The Kier molecular flexibility index (Phi) is 5.10. The van der Waals surface area contributed by atoms with Crippen LogP contribution in [0.4, 0.5) is 0 Å². The van der Waals surface area contributed by atoms with E-state index >= 15 is 0 Å². The number of likely N-dealkylation sites (tertiary alicyclic amines) is 1. The average Bonchev–Trinajstić information content (AvgIpc) is 3.09. The van der Waals surface area contributed by atoms with Crippen molar-refractivity contribution in [1.82, 2.24) is 15.2 Å². The van der Waals surface area contributed by atoms with Gasteiger partial charge >= 0.3 is 0 Å². The van der Waals surface area contributed by atoms with Gasteiger partial charge in [0.05, 0.1) is 19.8 Å². The van der Waals surface area contributed by atoms with Crippen LogP contribution in [0.5, 0.6) is 5.75 Å². The van der Waals surface area contributed by atoms with Crippen molar-refractivity contribution in [3.8, 4) is 5.75 Å². The minimum atomic E-state index is -0.255. The van der Waals surface area contributed by atoms with E-state index in [1.807, 2.05) is 11.0 Å². The van der Waals surface area contributed by atoms with Gasteiger partial charge in [-0.1, -0.05) is 6.08 Å². The minimum Gasteiger partial charge on any atom is -0.488 e. The third-order valence-electron chi connectivity index (χ3n) is 4.16. The van der Waals surface area contributed by atoms with Crippen molar-refractivity contribution in [3.63, 3.8) is 0 Å². The first-order valence-electron chi connectivity index (χ1n) is 8.08. The number of nitrogens with zero attached hydrogens (tertiary/aromatic N) is 2. The molecule has 1 atom stereocenters. The molecule has 1 N–H and O–H groups in total. The van der Waals surface area contributed by atoms with Crippen LogP contribution in [0, 0.1) is 0 Å². The van der Waals surface area contributed by atoms with E-state index in [1.165, 1.54) is 0 Å². The van der Waals surface area contributed by atoms with Crippen LogP contribution in [0.1, 0.15) is 23.3 Å². The number of aromatic nitrogens is 1. The summed E-state index contributed by atoms with van der Waals surface area (Å²) in [4.78, 5) is 29.9. The number of rotatable bonds is 4. The molecule has 0 saturated carbocycles. The molecule has 1 aromatic rings. The van der Waals surface area contributed by atoms with Gasteiger partial charge in [0.1, 0.15) is 17.5 Å². The molecule has 0 bridgehead atoms. The van der Waals surface area contributed by atoms with Crippen LogP contribution < -0.4 is 10.1 Å². The highest BCUT2D eigenvalue weighted by molar-refractivity contribution is 5.94. The van der Waals surface area contributed by atoms with Gasteiger partial charge in [0.15, 0.2) is 0 Å². The maximum Gasteiger partial charge on any atom is 0.269 e. The van der Waals surface area contributed by atoms with E-state index < -0.39 is 0 Å². The summed E-state index contributed by atoms with van der Waals surface area (Å²) >= 11 is 0. The fourth-order valence-corrected chi connectivity index (χ4v) is 2.86. The highest BCUT2D eigenvalue weighted by Crippen LogP contribution is 2.21. The van der Waals surface area contributed by atoms with Crippen molar-refractivity contribution >= 4 is 11.8 Å². The molecule has 2 aliphatic heterocycles. The van der Waals surface area contributed by atoms with Crippen LogP contribution in [0.3, 0.4) is 0 Å². The number of pyridine rings is 1. The molecule has 7 nitrogen and oxygen atoms in total. The topological polar surface area (TPSA) is 80.8 Å². The van der Waals surface area contributed by atoms with Crippen molar-refractivity contribution in [1.29, 1.82) is 0 Å². The molecule has 0 aliphatic carbocycles. The second-order valence-electron chi connectivity index (χ2n) is 5.79. The van der Waals surface area contributed by atoms with Crippen LogP contribution in [-0.2, 0) is 9.53 Å². The monoisotopic (exact) mass is 331 g/mol. The van der Waals surface area contributed by atoms with Gasteiger partial charge < -0.3 is 19.7 Å². The molecule has 1 saturated heterocycles. The zero-order valence-corrected chi connectivity index (χ0v) is 13.7. The SMILES string of the molecule is CNC(=O)c1cc(OC2CCN(C(=O)C3=CCOCC3)C2)ccn1. The van der Waals surface area contributed by atoms with E-state index in [-0.39, 0.29) is 17.9 Å². The number of nitrogens with one attached hydrogen (secondary N) is 1. The molecular weight excluding hydrogens is 310 g/mol. The van der Waals surface area contributed by atoms with E-state index in [4.69, 9.17) is 9.47 Å². The number of hydrogen-bond donors (Lipinski definition) is 1. The Hall–Kier alpha value is -2.41. The van der Waals surface area contributed by atoms with E-state index in [2.05, 4.69) is 10.3 Å². The molecule has 2 aliphatic rings. The second-order valence-corrected chi connectivity index (χ2v) is 5.79. The molecule has 1 unspecified atom stereocenters. The first-order valence-corrected chi connectivity index (χ1v) is 8.08. The zero-order valence-electron chi connectivity index (χ0n) is 13.7. The highest BCUT2D eigenvalue weighted by Gasteiger charge is 2.29. The molecule has 3 rings (SSSR count). The summed E-state index contributed by atoms with van der Waals surface area (Å²) in [6.07, 6.45) is 4.77.